The lowest BCUT2D eigenvalue weighted by Crippen LogP contribution is -2.42. The van der Waals surface area contributed by atoms with E-state index in [2.05, 4.69) is 18.5 Å². The smallest absolute Gasteiger partial charge is 0.224 e. The number of hydrogen-bond acceptors (Lipinski definition) is 3. The fraction of sp³-hybridized carbons (Fsp3) is 0.900. The molecule has 0 aromatic rings. The zero-order chi connectivity index (χ0) is 11.0. The molecular weight excluding hydrogens is 196 g/mol. The quantitative estimate of drug-likeness (QED) is 0.676. The molecule has 0 aliphatic carbocycles. The van der Waals surface area contributed by atoms with Crippen molar-refractivity contribution < 1.29 is 4.79 Å². The first kappa shape index (κ1) is 13.8. The van der Waals surface area contributed by atoms with Gasteiger partial charge in [-0.2, -0.15) is 11.8 Å². The molecule has 0 heterocycles. The Morgan fingerprint density at radius 3 is 2.43 bits per heavy atom. The normalized spacial score (nSPS) is 14.9. The molecule has 3 N–H and O–H groups in total. The van der Waals surface area contributed by atoms with Crippen LogP contribution in [0.4, 0.5) is 0 Å². The lowest BCUT2D eigenvalue weighted by atomic mass is 10.1. The number of thioether (sulfide) groups is 1. The van der Waals surface area contributed by atoms with Crippen molar-refractivity contribution in [2.24, 2.45) is 11.7 Å². The highest BCUT2D eigenvalue weighted by Crippen LogP contribution is 2.05. The van der Waals surface area contributed by atoms with Crippen molar-refractivity contribution in [3.05, 3.63) is 0 Å². The highest BCUT2D eigenvalue weighted by atomic mass is 32.2. The van der Waals surface area contributed by atoms with Crippen LogP contribution in [-0.2, 0) is 4.79 Å². The molecule has 0 rings (SSSR count). The van der Waals surface area contributed by atoms with Crippen molar-refractivity contribution in [3.8, 4) is 0 Å². The maximum absolute atomic E-state index is 11.6. The van der Waals surface area contributed by atoms with Crippen LogP contribution < -0.4 is 11.1 Å². The van der Waals surface area contributed by atoms with Gasteiger partial charge in [0.2, 0.25) is 5.91 Å². The van der Waals surface area contributed by atoms with Crippen LogP contribution in [0.2, 0.25) is 0 Å². The molecule has 2 unspecified atom stereocenters. The van der Waals surface area contributed by atoms with Crippen LogP contribution in [0.5, 0.6) is 0 Å². The van der Waals surface area contributed by atoms with Gasteiger partial charge in [0.15, 0.2) is 0 Å². The molecule has 0 radical (unpaired) electrons. The van der Waals surface area contributed by atoms with Crippen molar-refractivity contribution in [1.82, 2.24) is 5.32 Å². The predicted octanol–water partition coefficient (Wildman–Crippen LogP) is 1.23. The predicted molar refractivity (Wildman–Crippen MR) is 63.4 cm³/mol. The average Bonchev–Trinajstić information content (AvgIpc) is 2.19. The molecule has 0 spiro atoms. The molecule has 0 aliphatic rings. The molecule has 4 heteroatoms. The second kappa shape index (κ2) is 8.12. The summed E-state index contributed by atoms with van der Waals surface area (Å²) in [5.74, 6) is 1.06. The molecule has 3 nitrogen and oxygen atoms in total. The van der Waals surface area contributed by atoms with Crippen LogP contribution >= 0.6 is 11.8 Å². The minimum Gasteiger partial charge on any atom is -0.352 e. The summed E-state index contributed by atoms with van der Waals surface area (Å²) >= 11 is 1.76. The number of nitrogens with two attached hydrogens (primary N) is 1. The third-order valence-corrected chi connectivity index (χ3v) is 3.09. The maximum atomic E-state index is 11.6. The number of carbonyl (C=O) groups is 1. The Morgan fingerprint density at radius 2 is 2.07 bits per heavy atom. The molecular formula is C10H22N2OS. The summed E-state index contributed by atoms with van der Waals surface area (Å²) in [4.78, 5) is 11.6. The van der Waals surface area contributed by atoms with Crippen molar-refractivity contribution in [2.75, 3.05) is 18.6 Å². The molecule has 84 valence electrons. The van der Waals surface area contributed by atoms with E-state index >= 15 is 0 Å². The summed E-state index contributed by atoms with van der Waals surface area (Å²) < 4.78 is 0. The topological polar surface area (TPSA) is 55.1 Å². The minimum atomic E-state index is -0.0223. The van der Waals surface area contributed by atoms with E-state index in [1.807, 2.05) is 6.92 Å². The molecule has 0 fully saturated rings. The first-order valence-corrected chi connectivity index (χ1v) is 6.58. The average molecular weight is 218 g/mol. The van der Waals surface area contributed by atoms with Crippen molar-refractivity contribution in [1.29, 1.82) is 0 Å². The highest BCUT2D eigenvalue weighted by molar-refractivity contribution is 7.98. The van der Waals surface area contributed by atoms with Crippen LogP contribution in [0.25, 0.3) is 0 Å². The van der Waals surface area contributed by atoms with Gasteiger partial charge in [-0.15, -0.1) is 0 Å². The van der Waals surface area contributed by atoms with E-state index in [4.69, 9.17) is 5.73 Å². The Labute approximate surface area is 91.2 Å². The monoisotopic (exact) mass is 218 g/mol. The fourth-order valence-corrected chi connectivity index (χ4v) is 1.96. The third kappa shape index (κ3) is 4.86. The molecule has 0 saturated carbocycles. The summed E-state index contributed by atoms with van der Waals surface area (Å²) in [6.07, 6.45) is 3.85. The number of amides is 1. The standard InChI is InChI=1S/C10H22N2OS/c1-4-8(6-11)10(13)12-9(5-2)7-14-3/h8-9H,4-7,11H2,1-3H3,(H,12,13). The van der Waals surface area contributed by atoms with Gasteiger partial charge in [-0.25, -0.2) is 0 Å². The molecule has 0 aliphatic heterocycles. The van der Waals surface area contributed by atoms with E-state index in [1.165, 1.54) is 0 Å². The largest absolute Gasteiger partial charge is 0.352 e. The van der Waals surface area contributed by atoms with Crippen LogP contribution in [0.15, 0.2) is 0 Å². The van der Waals surface area contributed by atoms with Gasteiger partial charge in [-0.3, -0.25) is 4.79 Å². The second-order valence-electron chi connectivity index (χ2n) is 3.41. The Balaban J connectivity index is 3.99. The minimum absolute atomic E-state index is 0.0223. The van der Waals surface area contributed by atoms with E-state index < -0.39 is 0 Å². The van der Waals surface area contributed by atoms with Gasteiger partial charge in [0.25, 0.3) is 0 Å². The van der Waals surface area contributed by atoms with Gasteiger partial charge in [0.05, 0.1) is 0 Å². The Hall–Kier alpha value is -0.220. The van der Waals surface area contributed by atoms with Crippen LogP contribution in [-0.4, -0.2) is 30.5 Å². The van der Waals surface area contributed by atoms with Crippen LogP contribution in [0.3, 0.4) is 0 Å². The SMILES string of the molecule is CCC(CSC)NC(=O)C(CC)CN. The summed E-state index contributed by atoms with van der Waals surface area (Å²) in [6, 6.07) is 0.290. The second-order valence-corrected chi connectivity index (χ2v) is 4.32. The summed E-state index contributed by atoms with van der Waals surface area (Å²) in [5.41, 5.74) is 5.51. The van der Waals surface area contributed by atoms with Gasteiger partial charge in [0.1, 0.15) is 0 Å². The van der Waals surface area contributed by atoms with Gasteiger partial charge >= 0.3 is 0 Å². The fourth-order valence-electron chi connectivity index (χ4n) is 1.24. The maximum Gasteiger partial charge on any atom is 0.224 e. The zero-order valence-electron chi connectivity index (χ0n) is 9.38. The Morgan fingerprint density at radius 1 is 1.43 bits per heavy atom. The van der Waals surface area contributed by atoms with Gasteiger partial charge in [-0.1, -0.05) is 13.8 Å². The number of rotatable bonds is 7. The van der Waals surface area contributed by atoms with E-state index in [-0.39, 0.29) is 17.9 Å². The molecule has 1 amide bonds. The summed E-state index contributed by atoms with van der Waals surface area (Å²) in [5, 5.41) is 3.03. The summed E-state index contributed by atoms with van der Waals surface area (Å²) in [6.45, 7) is 4.52. The van der Waals surface area contributed by atoms with Crippen molar-refractivity contribution in [2.45, 2.75) is 32.7 Å². The molecule has 0 saturated heterocycles. The number of hydrogen-bond donors (Lipinski definition) is 2. The third-order valence-electron chi connectivity index (χ3n) is 2.36. The molecule has 2 atom stereocenters. The van der Waals surface area contributed by atoms with Crippen molar-refractivity contribution in [3.63, 3.8) is 0 Å². The molecule has 0 aromatic carbocycles. The first-order valence-electron chi connectivity index (χ1n) is 5.18. The van der Waals surface area contributed by atoms with Gasteiger partial charge in [0, 0.05) is 24.3 Å². The molecule has 14 heavy (non-hydrogen) atoms. The Kier molecular flexibility index (Phi) is 7.99. The summed E-state index contributed by atoms with van der Waals surface area (Å²) in [7, 11) is 0. The van der Waals surface area contributed by atoms with Crippen molar-refractivity contribution >= 4 is 17.7 Å². The number of nitrogens with one attached hydrogen (secondary N) is 1. The first-order chi connectivity index (χ1) is 6.69. The van der Waals surface area contributed by atoms with E-state index in [1.54, 1.807) is 11.8 Å². The lowest BCUT2D eigenvalue weighted by Gasteiger charge is -2.19. The van der Waals surface area contributed by atoms with E-state index in [0.29, 0.717) is 6.54 Å². The molecule has 0 aromatic heterocycles. The molecule has 0 bridgehead atoms. The number of carbonyl (C=O) groups excluding carboxylic acids is 1. The van der Waals surface area contributed by atoms with Crippen LogP contribution in [0.1, 0.15) is 26.7 Å². The zero-order valence-corrected chi connectivity index (χ0v) is 10.2. The van der Waals surface area contributed by atoms with Gasteiger partial charge in [-0.05, 0) is 19.1 Å². The van der Waals surface area contributed by atoms with Crippen LogP contribution in [0, 0.1) is 5.92 Å². The van der Waals surface area contributed by atoms with E-state index in [0.717, 1.165) is 18.6 Å². The Bertz CT molecular complexity index is 160. The van der Waals surface area contributed by atoms with E-state index in [9.17, 15) is 4.79 Å². The highest BCUT2D eigenvalue weighted by Gasteiger charge is 2.17. The lowest BCUT2D eigenvalue weighted by molar-refractivity contribution is -0.125. The van der Waals surface area contributed by atoms with Gasteiger partial charge < -0.3 is 11.1 Å².